The molecule has 32 heavy (non-hydrogen) atoms. The third-order valence-electron chi connectivity index (χ3n) is 6.76. The third kappa shape index (κ3) is 3.70. The predicted molar refractivity (Wildman–Crippen MR) is 123 cm³/mol. The second kappa shape index (κ2) is 7.81. The molecular formula is C23H28FN7O. The Balaban J connectivity index is 1.45. The second-order valence-corrected chi connectivity index (χ2v) is 8.97. The van der Waals surface area contributed by atoms with E-state index in [0.29, 0.717) is 22.7 Å². The second-order valence-electron chi connectivity index (χ2n) is 8.97. The van der Waals surface area contributed by atoms with Gasteiger partial charge in [0.15, 0.2) is 11.6 Å². The van der Waals surface area contributed by atoms with E-state index >= 15 is 4.39 Å². The summed E-state index contributed by atoms with van der Waals surface area (Å²) in [5.41, 5.74) is 9.65. The van der Waals surface area contributed by atoms with Gasteiger partial charge in [0, 0.05) is 11.8 Å². The fraction of sp³-hybridized carbons (Fsp3) is 0.478. The highest BCUT2D eigenvalue weighted by atomic mass is 19.1. The van der Waals surface area contributed by atoms with Crippen LogP contribution in [0, 0.1) is 5.82 Å². The van der Waals surface area contributed by atoms with Gasteiger partial charge in [-0.2, -0.15) is 4.98 Å². The molecule has 0 amide bonds. The molecule has 9 heteroatoms. The van der Waals surface area contributed by atoms with Gasteiger partial charge in [-0.3, -0.25) is 9.98 Å². The van der Waals surface area contributed by atoms with Crippen LogP contribution in [-0.4, -0.2) is 42.0 Å². The summed E-state index contributed by atoms with van der Waals surface area (Å²) in [4.78, 5) is 13.6. The lowest BCUT2D eigenvalue weighted by molar-refractivity contribution is -0.00198. The Labute approximate surface area is 185 Å². The monoisotopic (exact) mass is 437 g/mol. The number of rotatable bonds is 4. The molecule has 0 spiro atoms. The van der Waals surface area contributed by atoms with E-state index in [2.05, 4.69) is 25.4 Å². The van der Waals surface area contributed by atoms with Gasteiger partial charge in [0.05, 0.1) is 34.4 Å². The number of hydrogen-bond acceptors (Lipinski definition) is 7. The highest BCUT2D eigenvalue weighted by molar-refractivity contribution is 5.89. The minimum atomic E-state index is -0.577. The van der Waals surface area contributed by atoms with Crippen molar-refractivity contribution < 1.29 is 9.50 Å². The molecule has 1 aliphatic carbocycles. The summed E-state index contributed by atoms with van der Waals surface area (Å²) in [7, 11) is 0. The molecule has 4 N–H and O–H groups in total. The minimum Gasteiger partial charge on any atom is -0.390 e. The Morgan fingerprint density at radius 2 is 2.03 bits per heavy atom. The molecule has 0 aromatic carbocycles. The maximum absolute atomic E-state index is 15.0. The van der Waals surface area contributed by atoms with Gasteiger partial charge in [-0.1, -0.05) is 6.92 Å². The van der Waals surface area contributed by atoms with Crippen LogP contribution in [-0.2, 0) is 6.42 Å². The molecule has 1 fully saturated rings. The van der Waals surface area contributed by atoms with Crippen molar-refractivity contribution in [3.05, 3.63) is 29.8 Å². The number of fused-ring (bicyclic) bond motifs is 2. The first-order valence-corrected chi connectivity index (χ1v) is 11.2. The first kappa shape index (κ1) is 20.8. The van der Waals surface area contributed by atoms with Crippen molar-refractivity contribution >= 4 is 28.7 Å². The standard InChI is InChI=1S/C23H28FN7O/c1-3-23(32)10-8-14(9-11-23)27-22-29-21(25)20-19(15(24)12-31(20)30-22)18-7-6-16-17(28-18)5-4-13(2)26-16/h6-7,12,14,32H,3-5,8-11H2,1-2H3,(H3,25,27,29,30). The summed E-state index contributed by atoms with van der Waals surface area (Å²) < 4.78 is 16.5. The number of pyridine rings is 1. The zero-order valence-electron chi connectivity index (χ0n) is 18.4. The average molecular weight is 438 g/mol. The fourth-order valence-corrected chi connectivity index (χ4v) is 4.70. The Bertz CT molecular complexity index is 1210. The molecule has 5 rings (SSSR count). The van der Waals surface area contributed by atoms with Crippen LogP contribution in [0.5, 0.6) is 0 Å². The first-order valence-electron chi connectivity index (χ1n) is 11.2. The number of halogens is 1. The van der Waals surface area contributed by atoms with Gasteiger partial charge in [0.1, 0.15) is 5.52 Å². The molecule has 1 aliphatic heterocycles. The molecule has 0 unspecified atom stereocenters. The highest BCUT2D eigenvalue weighted by Gasteiger charge is 2.32. The van der Waals surface area contributed by atoms with Gasteiger partial charge in [-0.15, -0.1) is 5.10 Å². The van der Waals surface area contributed by atoms with E-state index in [4.69, 9.17) is 5.73 Å². The van der Waals surface area contributed by atoms with Crippen LogP contribution >= 0.6 is 0 Å². The smallest absolute Gasteiger partial charge is 0.243 e. The van der Waals surface area contributed by atoms with E-state index in [9.17, 15) is 5.11 Å². The van der Waals surface area contributed by atoms with Crippen LogP contribution in [0.4, 0.5) is 21.8 Å². The van der Waals surface area contributed by atoms with E-state index < -0.39 is 11.4 Å². The fourth-order valence-electron chi connectivity index (χ4n) is 4.70. The summed E-state index contributed by atoms with van der Waals surface area (Å²) in [6.07, 6.45) is 6.79. The van der Waals surface area contributed by atoms with Gasteiger partial charge >= 0.3 is 0 Å². The molecular weight excluding hydrogens is 409 g/mol. The summed E-state index contributed by atoms with van der Waals surface area (Å²) in [5, 5.41) is 18.2. The van der Waals surface area contributed by atoms with E-state index in [-0.39, 0.29) is 11.9 Å². The Hall–Kier alpha value is -3.07. The largest absolute Gasteiger partial charge is 0.390 e. The number of aromatic nitrogens is 4. The Kier molecular flexibility index (Phi) is 5.08. The van der Waals surface area contributed by atoms with E-state index in [1.165, 1.54) is 10.7 Å². The molecule has 3 aromatic heterocycles. The maximum atomic E-state index is 15.0. The number of anilines is 2. The molecule has 2 aliphatic rings. The molecule has 168 valence electrons. The van der Waals surface area contributed by atoms with Gasteiger partial charge < -0.3 is 16.2 Å². The predicted octanol–water partition coefficient (Wildman–Crippen LogP) is 4.05. The van der Waals surface area contributed by atoms with Crippen LogP contribution < -0.4 is 11.1 Å². The van der Waals surface area contributed by atoms with Gasteiger partial charge in [-0.25, -0.2) is 8.91 Å². The number of nitrogens with one attached hydrogen (secondary N) is 1. The number of nitrogens with two attached hydrogens (primary N) is 1. The molecule has 0 radical (unpaired) electrons. The SMILES string of the molecule is CCC1(O)CCC(Nc2nc(N)c3c(-c4ccc5c(n4)CCC(C)=N5)c(F)cn3n2)CC1. The number of aliphatic imine (C=N–C) groups is 1. The summed E-state index contributed by atoms with van der Waals surface area (Å²) in [6, 6.07) is 3.78. The summed E-state index contributed by atoms with van der Waals surface area (Å²) in [5.74, 6) is 0.0964. The molecule has 0 atom stereocenters. The third-order valence-corrected chi connectivity index (χ3v) is 6.76. The van der Waals surface area contributed by atoms with Crippen LogP contribution in [0.15, 0.2) is 23.3 Å². The van der Waals surface area contributed by atoms with Crippen molar-refractivity contribution in [1.82, 2.24) is 19.6 Å². The van der Waals surface area contributed by atoms with Crippen LogP contribution in [0.25, 0.3) is 16.8 Å². The summed E-state index contributed by atoms with van der Waals surface area (Å²) >= 11 is 0. The number of hydrogen-bond donors (Lipinski definition) is 3. The van der Waals surface area contributed by atoms with Gasteiger partial charge in [-0.05, 0) is 64.0 Å². The van der Waals surface area contributed by atoms with E-state index in [0.717, 1.165) is 62.0 Å². The van der Waals surface area contributed by atoms with Crippen LogP contribution in [0.2, 0.25) is 0 Å². The lowest BCUT2D eigenvalue weighted by atomic mass is 9.80. The van der Waals surface area contributed by atoms with Crippen LogP contribution in [0.3, 0.4) is 0 Å². The van der Waals surface area contributed by atoms with Crippen molar-refractivity contribution in [3.8, 4) is 11.3 Å². The van der Waals surface area contributed by atoms with E-state index in [1.54, 1.807) is 6.07 Å². The zero-order chi connectivity index (χ0) is 22.5. The molecule has 0 saturated heterocycles. The first-order chi connectivity index (χ1) is 15.3. The normalized spacial score (nSPS) is 23.1. The number of aryl methyl sites for hydroxylation is 1. The van der Waals surface area contributed by atoms with Crippen molar-refractivity contribution in [2.75, 3.05) is 11.1 Å². The van der Waals surface area contributed by atoms with Crippen LogP contribution in [0.1, 0.15) is 58.1 Å². The van der Waals surface area contributed by atoms with Crippen molar-refractivity contribution in [1.29, 1.82) is 0 Å². The number of aliphatic hydroxyl groups is 1. The molecule has 4 heterocycles. The van der Waals surface area contributed by atoms with Gasteiger partial charge in [0.25, 0.3) is 0 Å². The molecule has 8 nitrogen and oxygen atoms in total. The Morgan fingerprint density at radius 3 is 2.78 bits per heavy atom. The summed E-state index contributed by atoms with van der Waals surface area (Å²) in [6.45, 7) is 4.01. The lowest BCUT2D eigenvalue weighted by Gasteiger charge is -2.35. The van der Waals surface area contributed by atoms with Crippen molar-refractivity contribution in [2.24, 2.45) is 4.99 Å². The van der Waals surface area contributed by atoms with Crippen molar-refractivity contribution in [2.45, 2.75) is 70.4 Å². The number of nitrogens with zero attached hydrogens (tertiary/aromatic N) is 5. The van der Waals surface area contributed by atoms with Crippen molar-refractivity contribution in [3.63, 3.8) is 0 Å². The number of nitrogen functional groups attached to an aromatic ring is 1. The zero-order valence-corrected chi connectivity index (χ0v) is 18.4. The molecule has 3 aromatic rings. The topological polar surface area (TPSA) is 114 Å². The minimum absolute atomic E-state index is 0.143. The molecule has 0 bridgehead atoms. The highest BCUT2D eigenvalue weighted by Crippen LogP contribution is 2.35. The quantitative estimate of drug-likeness (QED) is 0.567. The lowest BCUT2D eigenvalue weighted by Crippen LogP contribution is -2.38. The van der Waals surface area contributed by atoms with E-state index in [1.807, 2.05) is 19.9 Å². The molecule has 1 saturated carbocycles. The van der Waals surface area contributed by atoms with Gasteiger partial charge in [0.2, 0.25) is 5.95 Å². The Morgan fingerprint density at radius 1 is 1.25 bits per heavy atom. The average Bonchev–Trinajstić information content (AvgIpc) is 3.11. The maximum Gasteiger partial charge on any atom is 0.243 e.